The first-order valence-corrected chi connectivity index (χ1v) is 6.11. The lowest BCUT2D eigenvalue weighted by Crippen LogP contribution is -2.43. The third-order valence-corrected chi connectivity index (χ3v) is 3.05. The second-order valence-electron chi connectivity index (χ2n) is 4.38. The van der Waals surface area contributed by atoms with Crippen LogP contribution in [0.25, 0.3) is 11.4 Å². The summed E-state index contributed by atoms with van der Waals surface area (Å²) < 4.78 is 1.69. The molecular formula is C12H16N6. The third-order valence-electron chi connectivity index (χ3n) is 3.05. The smallest absolute Gasteiger partial charge is 0.182 e. The van der Waals surface area contributed by atoms with Gasteiger partial charge in [-0.05, 0) is 12.1 Å². The highest BCUT2D eigenvalue weighted by atomic mass is 15.3. The first-order chi connectivity index (χ1) is 8.83. The summed E-state index contributed by atoms with van der Waals surface area (Å²) in [6.07, 6.45) is 3.53. The molecule has 2 aromatic heterocycles. The SMILES string of the molecule is Cn1cnc(-c2ccc(N3CCNCC3)nc2)n1. The lowest BCUT2D eigenvalue weighted by atomic mass is 10.2. The summed E-state index contributed by atoms with van der Waals surface area (Å²) in [7, 11) is 1.86. The molecule has 3 rings (SSSR count). The molecule has 1 aliphatic heterocycles. The van der Waals surface area contributed by atoms with Gasteiger partial charge >= 0.3 is 0 Å². The average Bonchev–Trinajstić information content (AvgIpc) is 2.87. The molecule has 1 fully saturated rings. The zero-order valence-corrected chi connectivity index (χ0v) is 10.4. The molecule has 0 aliphatic carbocycles. The van der Waals surface area contributed by atoms with Crippen molar-refractivity contribution in [3.8, 4) is 11.4 Å². The number of aromatic nitrogens is 4. The van der Waals surface area contributed by atoms with Crippen LogP contribution in [0, 0.1) is 0 Å². The largest absolute Gasteiger partial charge is 0.354 e. The Balaban J connectivity index is 1.80. The molecule has 1 saturated heterocycles. The van der Waals surface area contributed by atoms with E-state index >= 15 is 0 Å². The van der Waals surface area contributed by atoms with Crippen LogP contribution in [0.3, 0.4) is 0 Å². The van der Waals surface area contributed by atoms with Crippen LogP contribution in [0.15, 0.2) is 24.7 Å². The maximum Gasteiger partial charge on any atom is 0.182 e. The van der Waals surface area contributed by atoms with E-state index in [4.69, 9.17) is 0 Å². The van der Waals surface area contributed by atoms with E-state index in [2.05, 4.69) is 25.3 Å². The van der Waals surface area contributed by atoms with Gasteiger partial charge in [0, 0.05) is 45.0 Å². The fraction of sp³-hybridized carbons (Fsp3) is 0.417. The molecule has 0 aromatic carbocycles. The van der Waals surface area contributed by atoms with E-state index in [-0.39, 0.29) is 0 Å². The lowest BCUT2D eigenvalue weighted by molar-refractivity contribution is 0.585. The van der Waals surface area contributed by atoms with Gasteiger partial charge in [0.05, 0.1) is 0 Å². The highest BCUT2D eigenvalue weighted by Crippen LogP contribution is 2.17. The van der Waals surface area contributed by atoms with Gasteiger partial charge in [0.15, 0.2) is 5.82 Å². The summed E-state index contributed by atoms with van der Waals surface area (Å²) in [5.74, 6) is 1.74. The van der Waals surface area contributed by atoms with Gasteiger partial charge in [0.2, 0.25) is 0 Å². The number of pyridine rings is 1. The number of nitrogens with one attached hydrogen (secondary N) is 1. The van der Waals surface area contributed by atoms with Crippen molar-refractivity contribution in [1.29, 1.82) is 0 Å². The Morgan fingerprint density at radius 3 is 2.61 bits per heavy atom. The van der Waals surface area contributed by atoms with Gasteiger partial charge in [-0.15, -0.1) is 0 Å². The van der Waals surface area contributed by atoms with Gasteiger partial charge in [0.1, 0.15) is 12.1 Å². The summed E-state index contributed by atoms with van der Waals surface area (Å²) in [5.41, 5.74) is 0.953. The second kappa shape index (κ2) is 4.73. The molecule has 0 bridgehead atoms. The number of hydrogen-bond acceptors (Lipinski definition) is 5. The summed E-state index contributed by atoms with van der Waals surface area (Å²) in [4.78, 5) is 11.0. The number of anilines is 1. The van der Waals surface area contributed by atoms with Crippen molar-refractivity contribution in [2.45, 2.75) is 0 Å². The van der Waals surface area contributed by atoms with E-state index in [0.717, 1.165) is 43.4 Å². The fourth-order valence-electron chi connectivity index (χ4n) is 2.07. The predicted molar refractivity (Wildman–Crippen MR) is 69.3 cm³/mol. The number of rotatable bonds is 2. The van der Waals surface area contributed by atoms with Gasteiger partial charge in [-0.2, -0.15) is 5.10 Å². The lowest BCUT2D eigenvalue weighted by Gasteiger charge is -2.28. The van der Waals surface area contributed by atoms with Crippen molar-refractivity contribution in [3.63, 3.8) is 0 Å². The molecule has 0 spiro atoms. The predicted octanol–water partition coefficient (Wildman–Crippen LogP) is 0.287. The minimum Gasteiger partial charge on any atom is -0.354 e. The molecule has 94 valence electrons. The Kier molecular flexibility index (Phi) is 2.93. The quantitative estimate of drug-likeness (QED) is 0.822. The van der Waals surface area contributed by atoms with Crippen LogP contribution >= 0.6 is 0 Å². The minimum absolute atomic E-state index is 0.719. The first kappa shape index (κ1) is 11.2. The van der Waals surface area contributed by atoms with Crippen molar-refractivity contribution in [3.05, 3.63) is 24.7 Å². The van der Waals surface area contributed by atoms with Crippen LogP contribution in [0.2, 0.25) is 0 Å². The molecule has 1 N–H and O–H groups in total. The third kappa shape index (κ3) is 2.19. The highest BCUT2D eigenvalue weighted by Gasteiger charge is 2.12. The Morgan fingerprint density at radius 2 is 2.00 bits per heavy atom. The van der Waals surface area contributed by atoms with Gasteiger partial charge in [-0.3, -0.25) is 4.68 Å². The summed E-state index contributed by atoms with van der Waals surface area (Å²) in [6.45, 7) is 4.05. The molecule has 0 amide bonds. The topological polar surface area (TPSA) is 58.9 Å². The molecule has 18 heavy (non-hydrogen) atoms. The summed E-state index contributed by atoms with van der Waals surface area (Å²) in [6, 6.07) is 4.07. The molecule has 1 aliphatic rings. The zero-order chi connectivity index (χ0) is 12.4. The maximum atomic E-state index is 4.50. The minimum atomic E-state index is 0.719. The van der Waals surface area contributed by atoms with E-state index in [0.29, 0.717) is 0 Å². The number of aryl methyl sites for hydroxylation is 1. The Bertz CT molecular complexity index is 512. The van der Waals surface area contributed by atoms with Crippen LogP contribution in [0.1, 0.15) is 0 Å². The molecule has 0 atom stereocenters. The van der Waals surface area contributed by atoms with Gasteiger partial charge in [-0.1, -0.05) is 0 Å². The first-order valence-electron chi connectivity index (χ1n) is 6.11. The van der Waals surface area contributed by atoms with E-state index in [1.165, 1.54) is 0 Å². The molecule has 0 radical (unpaired) electrons. The maximum absolute atomic E-state index is 4.50. The Labute approximate surface area is 106 Å². The normalized spacial score (nSPS) is 15.9. The molecule has 6 nitrogen and oxygen atoms in total. The molecule has 2 aromatic rings. The van der Waals surface area contributed by atoms with Crippen molar-refractivity contribution in [1.82, 2.24) is 25.1 Å². The molecule has 3 heterocycles. The van der Waals surface area contributed by atoms with Crippen LogP contribution < -0.4 is 10.2 Å². The Hall–Kier alpha value is -1.95. The van der Waals surface area contributed by atoms with Crippen molar-refractivity contribution >= 4 is 5.82 Å². The summed E-state index contributed by atoms with van der Waals surface area (Å²) >= 11 is 0. The van der Waals surface area contributed by atoms with Gasteiger partial charge in [0.25, 0.3) is 0 Å². The second-order valence-corrected chi connectivity index (χ2v) is 4.38. The van der Waals surface area contributed by atoms with Crippen molar-refractivity contribution in [2.75, 3.05) is 31.1 Å². The van der Waals surface area contributed by atoms with E-state index < -0.39 is 0 Å². The number of hydrogen-bond donors (Lipinski definition) is 1. The number of piperazine rings is 1. The van der Waals surface area contributed by atoms with E-state index in [1.54, 1.807) is 11.0 Å². The monoisotopic (exact) mass is 244 g/mol. The fourth-order valence-corrected chi connectivity index (χ4v) is 2.07. The molecular weight excluding hydrogens is 228 g/mol. The van der Waals surface area contributed by atoms with Crippen LogP contribution in [-0.4, -0.2) is 45.9 Å². The van der Waals surface area contributed by atoms with Gasteiger partial charge in [-0.25, -0.2) is 9.97 Å². The number of nitrogens with zero attached hydrogens (tertiary/aromatic N) is 5. The summed E-state index contributed by atoms with van der Waals surface area (Å²) in [5, 5.41) is 7.60. The van der Waals surface area contributed by atoms with E-state index in [1.807, 2.05) is 25.4 Å². The van der Waals surface area contributed by atoms with Crippen LogP contribution in [0.5, 0.6) is 0 Å². The average molecular weight is 244 g/mol. The van der Waals surface area contributed by atoms with Gasteiger partial charge < -0.3 is 10.2 Å². The van der Waals surface area contributed by atoms with Crippen molar-refractivity contribution in [2.24, 2.45) is 7.05 Å². The van der Waals surface area contributed by atoms with Crippen molar-refractivity contribution < 1.29 is 0 Å². The van der Waals surface area contributed by atoms with E-state index in [9.17, 15) is 0 Å². The molecule has 6 heteroatoms. The molecule has 0 saturated carbocycles. The van der Waals surface area contributed by atoms with Crippen LogP contribution in [-0.2, 0) is 7.05 Å². The Morgan fingerprint density at radius 1 is 1.17 bits per heavy atom. The highest BCUT2D eigenvalue weighted by molar-refractivity contribution is 5.55. The zero-order valence-electron chi connectivity index (χ0n) is 10.4. The standard InChI is InChI=1S/C12H16N6/c1-17-9-15-12(16-17)10-2-3-11(14-8-10)18-6-4-13-5-7-18/h2-3,8-9,13H,4-7H2,1H3. The molecule has 0 unspecified atom stereocenters. The van der Waals surface area contributed by atoms with Crippen LogP contribution in [0.4, 0.5) is 5.82 Å².